The summed E-state index contributed by atoms with van der Waals surface area (Å²) in [4.78, 5) is 37.8. The van der Waals surface area contributed by atoms with Crippen LogP contribution in [0.4, 0.5) is 5.82 Å². The summed E-state index contributed by atoms with van der Waals surface area (Å²) in [7, 11) is 0. The highest BCUT2D eigenvalue weighted by Gasteiger charge is 2.24. The van der Waals surface area contributed by atoms with Crippen LogP contribution >= 0.6 is 11.3 Å². The zero-order chi connectivity index (χ0) is 25.7. The van der Waals surface area contributed by atoms with Crippen molar-refractivity contribution in [1.82, 2.24) is 24.5 Å². The Kier molecular flexibility index (Phi) is 8.56. The summed E-state index contributed by atoms with van der Waals surface area (Å²) in [5.41, 5.74) is 1.12. The first kappa shape index (κ1) is 26.1. The van der Waals surface area contributed by atoms with Crippen molar-refractivity contribution < 1.29 is 4.79 Å². The van der Waals surface area contributed by atoms with Crippen LogP contribution in [0.5, 0.6) is 0 Å². The molecule has 1 aliphatic rings. The molecule has 3 aromatic heterocycles. The number of pyridine rings is 2. The number of fused-ring (bicyclic) bond motifs is 3. The number of carbonyl (C=O) groups is 1. The molecule has 4 heterocycles. The molecule has 4 rings (SSSR count). The highest BCUT2D eigenvalue weighted by atomic mass is 32.1. The van der Waals surface area contributed by atoms with Gasteiger partial charge in [0.25, 0.3) is 5.91 Å². The van der Waals surface area contributed by atoms with E-state index in [4.69, 9.17) is 4.98 Å². The average molecular weight is 509 g/mol. The van der Waals surface area contributed by atoms with Crippen molar-refractivity contribution in [3.8, 4) is 0 Å². The lowest BCUT2D eigenvalue weighted by atomic mass is 10.1. The Morgan fingerprint density at radius 2 is 1.92 bits per heavy atom. The van der Waals surface area contributed by atoms with Crippen molar-refractivity contribution in [2.75, 3.05) is 57.7 Å². The number of hydrogen-bond acceptors (Lipinski definition) is 7. The van der Waals surface area contributed by atoms with Gasteiger partial charge in [-0.25, -0.2) is 4.98 Å². The number of amides is 1. The predicted molar refractivity (Wildman–Crippen MR) is 151 cm³/mol. The van der Waals surface area contributed by atoms with Crippen molar-refractivity contribution >= 4 is 51.1 Å². The smallest absolute Gasteiger partial charge is 0.258 e. The van der Waals surface area contributed by atoms with Crippen molar-refractivity contribution in [2.24, 2.45) is 0 Å². The maximum absolute atomic E-state index is 13.6. The second kappa shape index (κ2) is 11.8. The molecule has 192 valence electrons. The predicted octanol–water partition coefficient (Wildman–Crippen LogP) is 3.77. The Morgan fingerprint density at radius 1 is 1.17 bits per heavy atom. The highest BCUT2D eigenvalue weighted by molar-refractivity contribution is 7.19. The second-order valence-corrected chi connectivity index (χ2v) is 9.96. The van der Waals surface area contributed by atoms with E-state index in [2.05, 4.69) is 47.4 Å². The van der Waals surface area contributed by atoms with E-state index < -0.39 is 0 Å². The summed E-state index contributed by atoms with van der Waals surface area (Å²) >= 11 is 1.36. The third-order valence-electron chi connectivity index (χ3n) is 6.82. The van der Waals surface area contributed by atoms with Gasteiger partial charge in [-0.05, 0) is 63.3 Å². The van der Waals surface area contributed by atoms with Crippen molar-refractivity contribution in [3.05, 3.63) is 51.6 Å². The van der Waals surface area contributed by atoms with Crippen LogP contribution in [-0.2, 0) is 0 Å². The SMILES string of the molecule is C=Cc1sc2c(C(=O)NCCN3CCCC3)c(=O)c3ccc(NCCN(CC)CC)nc3n2c1C=C. The van der Waals surface area contributed by atoms with E-state index in [0.717, 1.165) is 56.4 Å². The number of hydrogen-bond donors (Lipinski definition) is 2. The van der Waals surface area contributed by atoms with E-state index >= 15 is 0 Å². The first-order valence-corrected chi connectivity index (χ1v) is 13.6. The maximum Gasteiger partial charge on any atom is 0.258 e. The van der Waals surface area contributed by atoms with Gasteiger partial charge in [0.15, 0.2) is 5.65 Å². The Labute approximate surface area is 216 Å². The normalized spacial score (nSPS) is 14.1. The van der Waals surface area contributed by atoms with Gasteiger partial charge in [0, 0.05) is 26.2 Å². The second-order valence-electron chi connectivity index (χ2n) is 8.93. The molecule has 0 spiro atoms. The number of carbonyl (C=O) groups excluding carboxylic acids is 1. The number of likely N-dealkylation sites (N-methyl/N-ethyl adjacent to an activating group) is 1. The lowest BCUT2D eigenvalue weighted by Gasteiger charge is -2.18. The Balaban J connectivity index is 1.72. The molecular weight excluding hydrogens is 472 g/mol. The minimum atomic E-state index is -0.354. The molecule has 0 radical (unpaired) electrons. The molecule has 0 atom stereocenters. The van der Waals surface area contributed by atoms with E-state index in [9.17, 15) is 9.59 Å². The molecule has 1 fully saturated rings. The van der Waals surface area contributed by atoms with Gasteiger partial charge in [-0.2, -0.15) is 0 Å². The van der Waals surface area contributed by atoms with Crippen molar-refractivity contribution in [3.63, 3.8) is 0 Å². The number of thiazole rings is 1. The van der Waals surface area contributed by atoms with Gasteiger partial charge in [-0.15, -0.1) is 11.3 Å². The Bertz CT molecular complexity index is 1320. The van der Waals surface area contributed by atoms with Crippen molar-refractivity contribution in [2.45, 2.75) is 26.7 Å². The molecule has 1 amide bonds. The molecule has 0 saturated carbocycles. The number of aromatic nitrogens is 2. The summed E-state index contributed by atoms with van der Waals surface area (Å²) < 4.78 is 1.87. The third kappa shape index (κ3) is 5.23. The fraction of sp³-hybridized carbons (Fsp3) is 0.444. The third-order valence-corrected chi connectivity index (χ3v) is 8.00. The first-order valence-electron chi connectivity index (χ1n) is 12.8. The van der Waals surface area contributed by atoms with Gasteiger partial charge in [-0.3, -0.25) is 14.0 Å². The van der Waals surface area contributed by atoms with Gasteiger partial charge >= 0.3 is 0 Å². The number of rotatable bonds is 12. The maximum atomic E-state index is 13.6. The monoisotopic (exact) mass is 508 g/mol. The lowest BCUT2D eigenvalue weighted by molar-refractivity contribution is 0.0950. The van der Waals surface area contributed by atoms with Gasteiger partial charge in [0.05, 0.1) is 16.0 Å². The molecule has 0 aromatic carbocycles. The molecule has 0 aliphatic carbocycles. The molecule has 2 N–H and O–H groups in total. The number of nitrogens with zero attached hydrogens (tertiary/aromatic N) is 4. The number of nitrogens with one attached hydrogen (secondary N) is 2. The van der Waals surface area contributed by atoms with Gasteiger partial charge in [-0.1, -0.05) is 27.0 Å². The molecule has 3 aromatic rings. The molecule has 0 bridgehead atoms. The summed E-state index contributed by atoms with van der Waals surface area (Å²) in [5.74, 6) is 0.333. The van der Waals surface area contributed by atoms with Crippen LogP contribution in [0.2, 0.25) is 0 Å². The van der Waals surface area contributed by atoms with Crippen LogP contribution < -0.4 is 16.1 Å². The van der Waals surface area contributed by atoms with Crippen LogP contribution in [0.15, 0.2) is 30.1 Å². The number of likely N-dealkylation sites (tertiary alicyclic amines) is 1. The molecule has 36 heavy (non-hydrogen) atoms. The Morgan fingerprint density at radius 3 is 2.58 bits per heavy atom. The Hall–Kier alpha value is -3.01. The summed E-state index contributed by atoms with van der Waals surface area (Å²) in [6.45, 7) is 19.2. The van der Waals surface area contributed by atoms with Gasteiger partial charge in [0.1, 0.15) is 16.2 Å². The average Bonchev–Trinajstić information content (AvgIpc) is 3.54. The quantitative estimate of drug-likeness (QED) is 0.388. The molecule has 1 saturated heterocycles. The molecule has 8 nitrogen and oxygen atoms in total. The summed E-state index contributed by atoms with van der Waals surface area (Å²) in [6, 6.07) is 3.57. The van der Waals surface area contributed by atoms with Crippen LogP contribution in [0.3, 0.4) is 0 Å². The van der Waals surface area contributed by atoms with Crippen molar-refractivity contribution in [1.29, 1.82) is 0 Å². The van der Waals surface area contributed by atoms with E-state index in [1.807, 2.05) is 10.5 Å². The molecule has 9 heteroatoms. The molecule has 0 unspecified atom stereocenters. The van der Waals surface area contributed by atoms with Crippen LogP contribution in [0.25, 0.3) is 28.0 Å². The van der Waals surface area contributed by atoms with Crippen LogP contribution in [0, 0.1) is 0 Å². The zero-order valence-electron chi connectivity index (χ0n) is 21.3. The molecule has 1 aliphatic heterocycles. The van der Waals surface area contributed by atoms with E-state index in [-0.39, 0.29) is 16.9 Å². The largest absolute Gasteiger partial charge is 0.369 e. The fourth-order valence-electron chi connectivity index (χ4n) is 4.76. The molecular formula is C27H36N6O2S. The summed E-state index contributed by atoms with van der Waals surface area (Å²) in [6.07, 6.45) is 5.85. The van der Waals surface area contributed by atoms with E-state index in [1.165, 1.54) is 24.2 Å². The first-order chi connectivity index (χ1) is 17.5. The van der Waals surface area contributed by atoms with Crippen LogP contribution in [0.1, 0.15) is 47.6 Å². The van der Waals surface area contributed by atoms with Gasteiger partial charge in [0.2, 0.25) is 5.43 Å². The highest BCUT2D eigenvalue weighted by Crippen LogP contribution is 2.30. The van der Waals surface area contributed by atoms with Crippen LogP contribution in [-0.4, -0.2) is 77.4 Å². The van der Waals surface area contributed by atoms with E-state index in [0.29, 0.717) is 28.2 Å². The minimum Gasteiger partial charge on any atom is -0.369 e. The fourth-order valence-corrected chi connectivity index (χ4v) is 5.90. The topological polar surface area (TPSA) is 82.0 Å². The minimum absolute atomic E-state index is 0.147. The lowest BCUT2D eigenvalue weighted by Crippen LogP contribution is -2.35. The van der Waals surface area contributed by atoms with Gasteiger partial charge < -0.3 is 20.4 Å². The zero-order valence-corrected chi connectivity index (χ0v) is 22.1. The summed E-state index contributed by atoms with van der Waals surface area (Å²) in [5, 5.41) is 6.75. The van der Waals surface area contributed by atoms with E-state index in [1.54, 1.807) is 18.2 Å². The number of anilines is 1. The standard InChI is InChI=1S/C27H36N6O2S/c1-5-20-21(6-2)36-27-23(26(35)29-14-18-32-15-9-10-16-32)24(34)19-11-12-22(30-25(19)33(20)27)28-13-17-31(7-3)8-4/h5-6,11-12H,1-2,7-10,13-18H2,3-4H3,(H,28,30)(H,29,35).